The number of para-hydroxylation sites is 1. The van der Waals surface area contributed by atoms with Gasteiger partial charge in [-0.25, -0.2) is 4.39 Å². The van der Waals surface area contributed by atoms with E-state index in [9.17, 15) is 14.0 Å². The summed E-state index contributed by atoms with van der Waals surface area (Å²) in [7, 11) is 0. The second-order valence-corrected chi connectivity index (χ2v) is 9.09. The van der Waals surface area contributed by atoms with Crippen molar-refractivity contribution in [3.63, 3.8) is 0 Å². The summed E-state index contributed by atoms with van der Waals surface area (Å²) in [6, 6.07) is 25.7. The van der Waals surface area contributed by atoms with Crippen LogP contribution < -0.4 is 10.6 Å². The highest BCUT2D eigenvalue weighted by atomic mass is 19.1. The van der Waals surface area contributed by atoms with Crippen molar-refractivity contribution in [1.82, 2.24) is 5.32 Å². The summed E-state index contributed by atoms with van der Waals surface area (Å²) in [4.78, 5) is 27.0. The zero-order chi connectivity index (χ0) is 26.4. The molecule has 0 fully saturated rings. The third kappa shape index (κ3) is 5.70. The van der Waals surface area contributed by atoms with Gasteiger partial charge in [0.05, 0.1) is 5.69 Å². The molecule has 0 aromatic heterocycles. The van der Waals surface area contributed by atoms with Crippen molar-refractivity contribution in [3.8, 4) is 0 Å². The molecule has 37 heavy (non-hydrogen) atoms. The lowest BCUT2D eigenvalue weighted by atomic mass is 9.71. The molecule has 3 N–H and O–H groups in total. The van der Waals surface area contributed by atoms with E-state index >= 15 is 0 Å². The van der Waals surface area contributed by atoms with E-state index in [0.29, 0.717) is 29.7 Å². The minimum atomic E-state index is -0.520. The van der Waals surface area contributed by atoms with Crippen LogP contribution in [0.1, 0.15) is 49.7 Å². The van der Waals surface area contributed by atoms with Gasteiger partial charge >= 0.3 is 0 Å². The van der Waals surface area contributed by atoms with Crippen molar-refractivity contribution in [2.75, 3.05) is 11.9 Å². The fraction of sp³-hybridized carbons (Fsp3) is 0.226. The standard InChI is InChI=1S/C29H25FN2O2.C2H6O/c1-18-26(29(34)32-23-15-9-8-14-22(23)30)27(20-12-6-3-7-13-20)28-24(31-18)16-21(17-25(28)33)19-10-4-2-5-11-19;1-2-3/h2-15,21,27,31H,16-17H2,1H3,(H,32,34);3H,2H2,1H3. The fourth-order valence-electron chi connectivity index (χ4n) is 5.03. The summed E-state index contributed by atoms with van der Waals surface area (Å²) in [6.07, 6.45) is 1.07. The molecule has 1 amide bonds. The molecular formula is C31H31FN2O3. The highest BCUT2D eigenvalue weighted by molar-refractivity contribution is 6.10. The van der Waals surface area contributed by atoms with E-state index in [1.54, 1.807) is 19.1 Å². The number of carbonyl (C=O) groups excluding carboxylic acids is 2. The van der Waals surface area contributed by atoms with E-state index in [-0.39, 0.29) is 24.0 Å². The first-order valence-corrected chi connectivity index (χ1v) is 12.4. The van der Waals surface area contributed by atoms with Gasteiger partial charge in [0.15, 0.2) is 5.78 Å². The molecule has 2 aliphatic rings. The van der Waals surface area contributed by atoms with Gasteiger partial charge in [-0.1, -0.05) is 72.8 Å². The fourth-order valence-corrected chi connectivity index (χ4v) is 5.03. The maximum absolute atomic E-state index is 14.3. The number of aliphatic hydroxyl groups is 1. The highest BCUT2D eigenvalue weighted by Crippen LogP contribution is 2.45. The SMILES string of the molecule is CC1=C(C(=O)Nc2ccccc2F)C(c2ccccc2)C2=C(CC(c3ccccc3)CC2=O)N1.CCO. The van der Waals surface area contributed by atoms with Crippen LogP contribution in [0.25, 0.3) is 0 Å². The number of anilines is 1. The van der Waals surface area contributed by atoms with Gasteiger partial charge in [0.2, 0.25) is 0 Å². The number of rotatable bonds is 4. The Morgan fingerprint density at radius 2 is 1.51 bits per heavy atom. The molecule has 5 nitrogen and oxygen atoms in total. The van der Waals surface area contributed by atoms with Crippen LogP contribution in [0.15, 0.2) is 107 Å². The third-order valence-electron chi connectivity index (χ3n) is 6.60. The molecule has 1 aliphatic carbocycles. The lowest BCUT2D eigenvalue weighted by molar-refractivity contribution is -0.116. The Hall–Kier alpha value is -4.03. The summed E-state index contributed by atoms with van der Waals surface area (Å²) < 4.78 is 14.3. The van der Waals surface area contributed by atoms with Gasteiger partial charge in [-0.15, -0.1) is 0 Å². The maximum atomic E-state index is 14.3. The first-order valence-electron chi connectivity index (χ1n) is 12.4. The van der Waals surface area contributed by atoms with Crippen LogP contribution in [-0.2, 0) is 9.59 Å². The van der Waals surface area contributed by atoms with Crippen LogP contribution in [0.4, 0.5) is 10.1 Å². The number of amides is 1. The van der Waals surface area contributed by atoms with E-state index < -0.39 is 17.6 Å². The Labute approximate surface area is 216 Å². The van der Waals surface area contributed by atoms with Crippen LogP contribution in [0, 0.1) is 5.82 Å². The van der Waals surface area contributed by atoms with Gasteiger partial charge in [-0.3, -0.25) is 9.59 Å². The minimum absolute atomic E-state index is 0.0279. The van der Waals surface area contributed by atoms with Crippen molar-refractivity contribution in [3.05, 3.63) is 124 Å². The quantitative estimate of drug-likeness (QED) is 0.423. The van der Waals surface area contributed by atoms with Crippen LogP contribution in [0.2, 0.25) is 0 Å². The number of ketones is 1. The predicted octanol–water partition coefficient (Wildman–Crippen LogP) is 5.82. The lowest BCUT2D eigenvalue weighted by Gasteiger charge is -2.37. The highest BCUT2D eigenvalue weighted by Gasteiger charge is 2.40. The molecule has 0 spiro atoms. The molecule has 3 aromatic rings. The largest absolute Gasteiger partial charge is 0.397 e. The van der Waals surface area contributed by atoms with E-state index in [1.165, 1.54) is 12.1 Å². The van der Waals surface area contributed by atoms with Crippen LogP contribution in [0.5, 0.6) is 0 Å². The number of dihydropyridines is 1. The second kappa shape index (κ2) is 11.8. The van der Waals surface area contributed by atoms with Crippen LogP contribution in [-0.4, -0.2) is 23.4 Å². The molecule has 6 heteroatoms. The molecule has 0 saturated heterocycles. The van der Waals surface area contributed by atoms with Gasteiger partial charge < -0.3 is 15.7 Å². The second-order valence-electron chi connectivity index (χ2n) is 9.09. The molecule has 0 saturated carbocycles. The predicted molar refractivity (Wildman–Crippen MR) is 143 cm³/mol. The third-order valence-corrected chi connectivity index (χ3v) is 6.60. The van der Waals surface area contributed by atoms with Crippen molar-refractivity contribution >= 4 is 17.4 Å². The average Bonchev–Trinajstić information content (AvgIpc) is 2.90. The Morgan fingerprint density at radius 3 is 2.14 bits per heavy atom. The Kier molecular flexibility index (Phi) is 8.31. The lowest BCUT2D eigenvalue weighted by Crippen LogP contribution is -2.37. The summed E-state index contributed by atoms with van der Waals surface area (Å²) >= 11 is 0. The molecule has 1 aliphatic heterocycles. The van der Waals surface area contributed by atoms with Gasteiger partial charge in [0, 0.05) is 41.5 Å². The van der Waals surface area contributed by atoms with Gasteiger partial charge in [0.1, 0.15) is 5.82 Å². The number of halogens is 1. The molecular weight excluding hydrogens is 467 g/mol. The normalized spacial score (nSPS) is 18.9. The maximum Gasteiger partial charge on any atom is 0.254 e. The van der Waals surface area contributed by atoms with Crippen molar-refractivity contribution in [2.45, 2.75) is 38.5 Å². The van der Waals surface area contributed by atoms with Crippen LogP contribution in [0.3, 0.4) is 0 Å². The number of benzene rings is 3. The Bertz CT molecular complexity index is 1330. The number of hydrogen-bond donors (Lipinski definition) is 3. The summed E-state index contributed by atoms with van der Waals surface area (Å²) in [5.41, 5.74) is 4.69. The van der Waals surface area contributed by atoms with Gasteiger partial charge in [-0.05, 0) is 49.4 Å². The first-order chi connectivity index (χ1) is 17.9. The molecule has 1 heterocycles. The molecule has 2 unspecified atom stereocenters. The monoisotopic (exact) mass is 498 g/mol. The number of allylic oxidation sites excluding steroid dienone is 3. The number of carbonyl (C=O) groups is 2. The summed E-state index contributed by atoms with van der Waals surface area (Å²) in [5.74, 6) is -1.34. The molecule has 190 valence electrons. The molecule has 0 radical (unpaired) electrons. The van der Waals surface area contributed by atoms with Crippen molar-refractivity contribution in [2.24, 2.45) is 0 Å². The summed E-state index contributed by atoms with van der Waals surface area (Å²) in [5, 5.41) is 13.6. The smallest absolute Gasteiger partial charge is 0.254 e. The van der Waals surface area contributed by atoms with E-state index in [2.05, 4.69) is 22.8 Å². The number of nitrogens with one attached hydrogen (secondary N) is 2. The number of Topliss-reactive ketones (excluding diaryl/α,β-unsaturated/α-hetero) is 1. The Morgan fingerprint density at radius 1 is 0.946 bits per heavy atom. The topological polar surface area (TPSA) is 78.4 Å². The molecule has 0 bridgehead atoms. The number of hydrogen-bond acceptors (Lipinski definition) is 4. The average molecular weight is 499 g/mol. The van der Waals surface area contributed by atoms with E-state index in [1.807, 2.05) is 55.5 Å². The van der Waals surface area contributed by atoms with Gasteiger partial charge in [-0.2, -0.15) is 0 Å². The zero-order valence-electron chi connectivity index (χ0n) is 21.0. The molecule has 5 rings (SSSR count). The van der Waals surface area contributed by atoms with Crippen LogP contribution >= 0.6 is 0 Å². The van der Waals surface area contributed by atoms with Crippen molar-refractivity contribution in [1.29, 1.82) is 0 Å². The minimum Gasteiger partial charge on any atom is -0.397 e. The Balaban J connectivity index is 0.00000102. The van der Waals surface area contributed by atoms with E-state index in [0.717, 1.165) is 16.8 Å². The van der Waals surface area contributed by atoms with Gasteiger partial charge in [0.25, 0.3) is 5.91 Å². The molecule has 2 atom stereocenters. The first kappa shape index (κ1) is 26.0. The molecule has 3 aromatic carbocycles. The zero-order valence-corrected chi connectivity index (χ0v) is 21.0. The van der Waals surface area contributed by atoms with Crippen molar-refractivity contribution < 1.29 is 19.1 Å². The summed E-state index contributed by atoms with van der Waals surface area (Å²) in [6.45, 7) is 3.77. The number of aliphatic hydroxyl groups excluding tert-OH is 1. The van der Waals surface area contributed by atoms with E-state index in [4.69, 9.17) is 5.11 Å².